The molecule has 1 heterocycles. The smallest absolute Gasteiger partial charge is 0.295 e. The molecule has 0 saturated carbocycles. The van der Waals surface area contributed by atoms with E-state index in [2.05, 4.69) is 0 Å². The van der Waals surface area contributed by atoms with Crippen LogP contribution in [-0.2, 0) is 9.59 Å². The maximum atomic E-state index is 13.4. The van der Waals surface area contributed by atoms with Gasteiger partial charge in [0, 0.05) is 6.54 Å². The highest BCUT2D eigenvalue weighted by atomic mass is 16.5. The third kappa shape index (κ3) is 5.11. The summed E-state index contributed by atoms with van der Waals surface area (Å²) in [7, 11) is 9.85. The molecule has 0 aromatic heterocycles. The average Bonchev–Trinajstić information content (AvgIpc) is 3.12. The molecule has 1 unspecified atom stereocenters. The molecular weight excluding hydrogens is 464 g/mol. The zero-order valence-corrected chi connectivity index (χ0v) is 21.9. The number of carbonyl (C=O) groups is 2. The molecule has 0 aliphatic carbocycles. The zero-order chi connectivity index (χ0) is 26.6. The van der Waals surface area contributed by atoms with E-state index in [4.69, 9.17) is 18.9 Å². The summed E-state index contributed by atoms with van der Waals surface area (Å²) < 4.78 is 21.9. The Morgan fingerprint density at radius 1 is 0.944 bits per heavy atom. The molecule has 3 rings (SSSR count). The third-order valence-corrected chi connectivity index (χ3v) is 6.16. The number of ether oxygens (including phenoxy) is 4. The molecule has 1 saturated heterocycles. The van der Waals surface area contributed by atoms with Gasteiger partial charge in [0.1, 0.15) is 11.5 Å². The molecular formula is C27H34N2O7. The summed E-state index contributed by atoms with van der Waals surface area (Å²) in [6.07, 6.45) is 0.634. The maximum Gasteiger partial charge on any atom is 0.295 e. The highest BCUT2D eigenvalue weighted by Gasteiger charge is 2.46. The van der Waals surface area contributed by atoms with E-state index in [0.717, 1.165) is 12.1 Å². The second kappa shape index (κ2) is 11.3. The zero-order valence-electron chi connectivity index (χ0n) is 21.9. The summed E-state index contributed by atoms with van der Waals surface area (Å²) in [5.41, 5.74) is 1.72. The van der Waals surface area contributed by atoms with Gasteiger partial charge in [-0.25, -0.2) is 0 Å². The number of hydrogen-bond donors (Lipinski definition) is 1. The molecule has 1 aliphatic heterocycles. The second-order valence-corrected chi connectivity index (χ2v) is 8.81. The predicted octanol–water partition coefficient (Wildman–Crippen LogP) is 3.40. The third-order valence-electron chi connectivity index (χ3n) is 6.16. The Morgan fingerprint density at radius 3 is 2.08 bits per heavy atom. The van der Waals surface area contributed by atoms with Crippen molar-refractivity contribution in [2.45, 2.75) is 19.4 Å². The first kappa shape index (κ1) is 26.9. The lowest BCUT2D eigenvalue weighted by Gasteiger charge is -2.27. The van der Waals surface area contributed by atoms with Crippen LogP contribution >= 0.6 is 0 Å². The Bertz CT molecular complexity index is 1150. The number of methoxy groups -OCH3 is 4. The molecule has 0 spiro atoms. The van der Waals surface area contributed by atoms with Crippen molar-refractivity contribution in [2.75, 3.05) is 55.6 Å². The fourth-order valence-corrected chi connectivity index (χ4v) is 4.43. The number of aryl methyl sites for hydroxylation is 1. The van der Waals surface area contributed by atoms with Gasteiger partial charge in [0.2, 0.25) is 5.75 Å². The molecule has 1 aliphatic rings. The largest absolute Gasteiger partial charge is 0.507 e. The summed E-state index contributed by atoms with van der Waals surface area (Å²) in [6, 6.07) is 7.79. The number of likely N-dealkylation sites (tertiary alicyclic amines) is 1. The van der Waals surface area contributed by atoms with Gasteiger partial charge in [-0.3, -0.25) is 9.59 Å². The summed E-state index contributed by atoms with van der Waals surface area (Å²) >= 11 is 0. The number of aliphatic hydroxyl groups excluding tert-OH is 1. The molecule has 9 heteroatoms. The van der Waals surface area contributed by atoms with Gasteiger partial charge in [-0.1, -0.05) is 11.6 Å². The topological polar surface area (TPSA) is 97.8 Å². The van der Waals surface area contributed by atoms with Crippen LogP contribution in [0, 0.1) is 6.92 Å². The predicted molar refractivity (Wildman–Crippen MR) is 136 cm³/mol. The van der Waals surface area contributed by atoms with Gasteiger partial charge in [-0.05, 0) is 63.8 Å². The number of aliphatic hydroxyl groups is 1. The number of amides is 1. The van der Waals surface area contributed by atoms with Crippen molar-refractivity contribution in [2.24, 2.45) is 0 Å². The summed E-state index contributed by atoms with van der Waals surface area (Å²) in [6.45, 7) is 2.90. The lowest BCUT2D eigenvalue weighted by atomic mass is 9.94. The number of benzene rings is 2. The fourth-order valence-electron chi connectivity index (χ4n) is 4.43. The lowest BCUT2D eigenvalue weighted by molar-refractivity contribution is -0.139. The van der Waals surface area contributed by atoms with E-state index in [1.54, 1.807) is 24.3 Å². The molecule has 9 nitrogen and oxygen atoms in total. The van der Waals surface area contributed by atoms with Crippen LogP contribution in [0.25, 0.3) is 5.76 Å². The minimum Gasteiger partial charge on any atom is -0.507 e. The molecule has 2 aromatic rings. The first-order valence-electron chi connectivity index (χ1n) is 11.6. The number of Topliss-reactive ketones (excluding diaryl/α,β-unsaturated/α-hetero) is 1. The quantitative estimate of drug-likeness (QED) is 0.302. The Hall–Kier alpha value is -3.72. The Kier molecular flexibility index (Phi) is 8.47. The molecule has 0 bridgehead atoms. The number of ketones is 1. The first-order chi connectivity index (χ1) is 17.2. The monoisotopic (exact) mass is 498 g/mol. The van der Waals surface area contributed by atoms with Gasteiger partial charge in [0.25, 0.3) is 11.7 Å². The highest BCUT2D eigenvalue weighted by Crippen LogP contribution is 2.46. The van der Waals surface area contributed by atoms with Gasteiger partial charge >= 0.3 is 0 Å². The van der Waals surface area contributed by atoms with Crippen LogP contribution < -0.4 is 18.9 Å². The Labute approximate surface area is 211 Å². The van der Waals surface area contributed by atoms with Crippen molar-refractivity contribution in [3.63, 3.8) is 0 Å². The fraction of sp³-hybridized carbons (Fsp3) is 0.407. The normalized spacial score (nSPS) is 17.0. The Morgan fingerprint density at radius 2 is 1.56 bits per heavy atom. The molecule has 1 amide bonds. The van der Waals surface area contributed by atoms with Crippen LogP contribution in [0.3, 0.4) is 0 Å². The van der Waals surface area contributed by atoms with Crippen molar-refractivity contribution in [3.8, 4) is 23.0 Å². The molecule has 1 fully saturated rings. The summed E-state index contributed by atoms with van der Waals surface area (Å²) in [5, 5.41) is 11.5. The summed E-state index contributed by atoms with van der Waals surface area (Å²) in [5.74, 6) is -0.227. The number of rotatable bonds is 10. The maximum absolute atomic E-state index is 13.4. The van der Waals surface area contributed by atoms with Crippen molar-refractivity contribution in [1.82, 2.24) is 9.80 Å². The van der Waals surface area contributed by atoms with Gasteiger partial charge in [0.05, 0.1) is 45.6 Å². The number of carbonyl (C=O) groups excluding carboxylic acids is 2. The van der Waals surface area contributed by atoms with Crippen LogP contribution in [0.5, 0.6) is 23.0 Å². The van der Waals surface area contributed by atoms with E-state index < -0.39 is 17.7 Å². The molecule has 36 heavy (non-hydrogen) atoms. The number of hydrogen-bond acceptors (Lipinski definition) is 8. The first-order valence-corrected chi connectivity index (χ1v) is 11.6. The van der Waals surface area contributed by atoms with E-state index in [0.29, 0.717) is 47.1 Å². The van der Waals surface area contributed by atoms with Crippen molar-refractivity contribution in [1.29, 1.82) is 0 Å². The van der Waals surface area contributed by atoms with Gasteiger partial charge < -0.3 is 33.9 Å². The van der Waals surface area contributed by atoms with E-state index in [-0.39, 0.29) is 11.3 Å². The molecule has 0 radical (unpaired) electrons. The number of nitrogens with zero attached hydrogens (tertiary/aromatic N) is 2. The van der Waals surface area contributed by atoms with Crippen molar-refractivity contribution < 1.29 is 33.6 Å². The van der Waals surface area contributed by atoms with E-state index in [1.165, 1.54) is 33.3 Å². The minimum absolute atomic E-state index is 0.0250. The van der Waals surface area contributed by atoms with Crippen LogP contribution in [0.1, 0.15) is 29.2 Å². The Balaban J connectivity index is 2.27. The molecule has 1 atom stereocenters. The second-order valence-electron chi connectivity index (χ2n) is 8.81. The highest BCUT2D eigenvalue weighted by molar-refractivity contribution is 6.46. The molecule has 1 N–H and O–H groups in total. The van der Waals surface area contributed by atoms with Gasteiger partial charge in [0.15, 0.2) is 11.5 Å². The molecule has 2 aromatic carbocycles. The summed E-state index contributed by atoms with van der Waals surface area (Å²) in [4.78, 5) is 30.1. The van der Waals surface area contributed by atoms with E-state index in [9.17, 15) is 14.7 Å². The molecule has 194 valence electrons. The van der Waals surface area contributed by atoms with Crippen LogP contribution in [0.4, 0.5) is 0 Å². The standard InChI is InChI=1S/C27H34N2O7/c1-16-9-10-19(33-4)18(13-16)24(30)22-23(29(27(32)25(22)31)12-8-11-28(2)3)17-14-20(34-5)26(36-7)21(15-17)35-6/h9-10,13-15,23,30H,8,11-12H2,1-7H3/b24-22+. The van der Waals surface area contributed by atoms with Crippen LogP contribution in [0.2, 0.25) is 0 Å². The van der Waals surface area contributed by atoms with Crippen LogP contribution in [-0.4, -0.2) is 82.2 Å². The van der Waals surface area contributed by atoms with E-state index in [1.807, 2.05) is 32.0 Å². The van der Waals surface area contributed by atoms with Gasteiger partial charge in [-0.15, -0.1) is 0 Å². The average molecular weight is 499 g/mol. The SMILES string of the molecule is COc1ccc(C)cc1/C(O)=C1\C(=O)C(=O)N(CCCN(C)C)C1c1cc(OC)c(OC)c(OC)c1. The van der Waals surface area contributed by atoms with Crippen molar-refractivity contribution in [3.05, 3.63) is 52.6 Å². The van der Waals surface area contributed by atoms with Gasteiger partial charge in [-0.2, -0.15) is 0 Å². The van der Waals surface area contributed by atoms with Crippen molar-refractivity contribution >= 4 is 17.4 Å². The minimum atomic E-state index is -0.869. The van der Waals surface area contributed by atoms with E-state index >= 15 is 0 Å². The van der Waals surface area contributed by atoms with Crippen LogP contribution in [0.15, 0.2) is 35.9 Å². The lowest BCUT2D eigenvalue weighted by Crippen LogP contribution is -2.32.